The summed E-state index contributed by atoms with van der Waals surface area (Å²) in [7, 11) is -0.339. The Kier molecular flexibility index (Phi) is 11.3. The topological polar surface area (TPSA) is 106 Å². The van der Waals surface area contributed by atoms with Gasteiger partial charge in [-0.15, -0.1) is 4.72 Å². The summed E-state index contributed by atoms with van der Waals surface area (Å²) in [6, 6.07) is 14.3. The van der Waals surface area contributed by atoms with Crippen molar-refractivity contribution in [3.8, 4) is 22.8 Å². The number of pyridine rings is 2. The predicted octanol–water partition coefficient (Wildman–Crippen LogP) is 7.48. The van der Waals surface area contributed by atoms with Gasteiger partial charge in [-0.3, -0.25) is 4.98 Å². The first-order valence-corrected chi connectivity index (χ1v) is 19.6. The van der Waals surface area contributed by atoms with Gasteiger partial charge in [0.25, 0.3) is 0 Å². The highest BCUT2D eigenvalue weighted by Gasteiger charge is 2.37. The molecule has 46 heavy (non-hydrogen) atoms. The number of methoxy groups -OCH3 is 1. The van der Waals surface area contributed by atoms with E-state index in [0.29, 0.717) is 42.8 Å². The van der Waals surface area contributed by atoms with E-state index in [-0.39, 0.29) is 5.04 Å². The standard InChI is InChI=1S/C34H48FN5O4SSi/c1-23(35)32(39-45(41)33(2,3)4)28-15-12-14-27(38-28)24-19-29-26(30(20-24)43-18-17-42-8)21-36-40(29)31-16-11-13-25(37-31)22-44-46(9,10)34(5,6)7/h11-16,19-21,23,32,39H,17-18,22H2,1-10H3/t23-,32-,45?/m1/s1. The van der Waals surface area contributed by atoms with Crippen LogP contribution in [0.1, 0.15) is 65.9 Å². The van der Waals surface area contributed by atoms with Gasteiger partial charge in [0.1, 0.15) is 29.3 Å². The van der Waals surface area contributed by atoms with E-state index >= 15 is 0 Å². The van der Waals surface area contributed by atoms with Crippen LogP contribution in [-0.2, 0) is 27.1 Å². The summed E-state index contributed by atoms with van der Waals surface area (Å²) < 4.78 is 49.8. The molecule has 0 amide bonds. The molecule has 0 saturated heterocycles. The van der Waals surface area contributed by atoms with Crippen molar-refractivity contribution in [2.45, 2.75) is 90.2 Å². The Hall–Kier alpha value is -2.87. The minimum atomic E-state index is -1.96. The summed E-state index contributed by atoms with van der Waals surface area (Å²) in [6.07, 6.45) is 0.433. The molecule has 4 rings (SSSR count). The maximum atomic E-state index is 14.9. The van der Waals surface area contributed by atoms with E-state index in [0.717, 1.165) is 22.2 Å². The van der Waals surface area contributed by atoms with Gasteiger partial charge < -0.3 is 18.5 Å². The summed E-state index contributed by atoms with van der Waals surface area (Å²) in [5.74, 6) is 1.26. The summed E-state index contributed by atoms with van der Waals surface area (Å²) in [6.45, 7) is 19.2. The minimum Gasteiger partial charge on any atom is -0.598 e. The van der Waals surface area contributed by atoms with Crippen LogP contribution in [0.15, 0.2) is 54.7 Å². The molecule has 0 bridgehead atoms. The Morgan fingerprint density at radius 3 is 2.39 bits per heavy atom. The molecule has 0 spiro atoms. The molecule has 1 aromatic carbocycles. The lowest BCUT2D eigenvalue weighted by Gasteiger charge is -2.36. The van der Waals surface area contributed by atoms with E-state index in [1.165, 1.54) is 6.92 Å². The van der Waals surface area contributed by atoms with Crippen LogP contribution in [-0.4, -0.2) is 63.9 Å². The van der Waals surface area contributed by atoms with Crippen LogP contribution in [0.25, 0.3) is 28.0 Å². The molecule has 9 nitrogen and oxygen atoms in total. The molecule has 0 saturated carbocycles. The highest BCUT2D eigenvalue weighted by Crippen LogP contribution is 2.37. The van der Waals surface area contributed by atoms with Gasteiger partial charge in [-0.05, 0) is 82.2 Å². The number of nitrogens with zero attached hydrogens (tertiary/aromatic N) is 4. The zero-order valence-electron chi connectivity index (χ0n) is 28.7. The van der Waals surface area contributed by atoms with E-state index in [2.05, 4.69) is 38.6 Å². The van der Waals surface area contributed by atoms with E-state index < -0.39 is 36.6 Å². The molecule has 4 aromatic rings. The van der Waals surface area contributed by atoms with Crippen molar-refractivity contribution in [1.29, 1.82) is 0 Å². The number of fused-ring (bicyclic) bond motifs is 1. The average Bonchev–Trinajstić information content (AvgIpc) is 3.42. The number of halogens is 1. The third kappa shape index (κ3) is 8.53. The van der Waals surface area contributed by atoms with Crippen LogP contribution >= 0.6 is 0 Å². The molecule has 1 unspecified atom stereocenters. The lowest BCUT2D eigenvalue weighted by atomic mass is 10.1. The number of benzene rings is 1. The molecule has 3 aromatic heterocycles. The van der Waals surface area contributed by atoms with Gasteiger partial charge in [0, 0.05) is 24.0 Å². The van der Waals surface area contributed by atoms with Crippen molar-refractivity contribution in [2.75, 3.05) is 20.3 Å². The highest BCUT2D eigenvalue weighted by atomic mass is 32.2. The number of ether oxygens (including phenoxy) is 2. The number of nitrogens with one attached hydrogen (secondary N) is 1. The number of hydrogen-bond donors (Lipinski definition) is 1. The van der Waals surface area contributed by atoms with Crippen molar-refractivity contribution < 1.29 is 22.8 Å². The number of rotatable bonds is 13. The number of alkyl halides is 1. The maximum Gasteiger partial charge on any atom is 0.192 e. The maximum absolute atomic E-state index is 14.9. The summed E-state index contributed by atoms with van der Waals surface area (Å²) in [4.78, 5) is 9.74. The third-order valence-corrected chi connectivity index (χ3v) is 14.3. The molecule has 0 fully saturated rings. The van der Waals surface area contributed by atoms with Crippen LogP contribution in [0, 0.1) is 0 Å². The largest absolute Gasteiger partial charge is 0.598 e. The monoisotopic (exact) mass is 669 g/mol. The fraction of sp³-hybridized carbons (Fsp3) is 0.500. The first kappa shape index (κ1) is 36.0. The van der Waals surface area contributed by atoms with Crippen molar-refractivity contribution >= 4 is 30.6 Å². The SMILES string of the molecule is COCCOc1cc(-c2cccc([C@H](N[S+]([O-])C(C)(C)C)[C@@H](C)F)n2)cc2c1cnn2-c1cccc(CO[Si](C)(C)C(C)(C)C)n1. The van der Waals surface area contributed by atoms with Crippen molar-refractivity contribution in [3.05, 3.63) is 66.1 Å². The normalized spacial score (nSPS) is 14.8. The number of aromatic nitrogens is 4. The Bertz CT molecular complexity index is 1620. The zero-order chi connectivity index (χ0) is 33.9. The highest BCUT2D eigenvalue weighted by molar-refractivity contribution is 7.90. The van der Waals surface area contributed by atoms with E-state index in [1.807, 2.05) is 63.2 Å². The Morgan fingerprint density at radius 2 is 1.74 bits per heavy atom. The lowest BCUT2D eigenvalue weighted by molar-refractivity contribution is 0.147. The molecule has 12 heteroatoms. The second kappa shape index (κ2) is 14.5. The molecule has 3 heterocycles. The second-order valence-corrected chi connectivity index (χ2v) is 20.7. The predicted molar refractivity (Wildman–Crippen MR) is 186 cm³/mol. The number of hydrogen-bond acceptors (Lipinski definition) is 8. The van der Waals surface area contributed by atoms with Gasteiger partial charge in [-0.2, -0.15) is 5.10 Å². The van der Waals surface area contributed by atoms with Gasteiger partial charge in [0.05, 0.1) is 47.4 Å². The smallest absolute Gasteiger partial charge is 0.192 e. The third-order valence-electron chi connectivity index (χ3n) is 8.23. The second-order valence-electron chi connectivity index (χ2n) is 13.9. The van der Waals surface area contributed by atoms with E-state index in [4.69, 9.17) is 29.0 Å². The molecular weight excluding hydrogens is 622 g/mol. The molecule has 0 radical (unpaired) electrons. The first-order valence-electron chi connectivity index (χ1n) is 15.5. The minimum absolute atomic E-state index is 0.0890. The van der Waals surface area contributed by atoms with Gasteiger partial charge in [0.15, 0.2) is 14.1 Å². The Labute approximate surface area is 276 Å². The zero-order valence-corrected chi connectivity index (χ0v) is 30.5. The quantitative estimate of drug-likeness (QED) is 0.0888. The molecule has 250 valence electrons. The molecule has 1 N–H and O–H groups in total. The summed E-state index contributed by atoms with van der Waals surface area (Å²) in [5, 5.41) is 5.59. The van der Waals surface area contributed by atoms with E-state index in [9.17, 15) is 8.94 Å². The summed E-state index contributed by atoms with van der Waals surface area (Å²) >= 11 is -1.49. The Morgan fingerprint density at radius 1 is 1.02 bits per heavy atom. The van der Waals surface area contributed by atoms with Crippen molar-refractivity contribution in [2.24, 2.45) is 0 Å². The van der Waals surface area contributed by atoms with Crippen LogP contribution in [0.5, 0.6) is 5.75 Å². The summed E-state index contributed by atoms with van der Waals surface area (Å²) in [5.41, 5.74) is 3.41. The molecular formula is C34H48FN5O4SSi. The lowest BCUT2D eigenvalue weighted by Crippen LogP contribution is -2.43. The molecule has 3 atom stereocenters. The van der Waals surface area contributed by atoms with Gasteiger partial charge >= 0.3 is 0 Å². The van der Waals surface area contributed by atoms with Gasteiger partial charge in [-0.1, -0.05) is 32.9 Å². The van der Waals surface area contributed by atoms with Gasteiger partial charge in [0.2, 0.25) is 0 Å². The van der Waals surface area contributed by atoms with E-state index in [1.54, 1.807) is 24.1 Å². The van der Waals surface area contributed by atoms with Crippen molar-refractivity contribution in [3.63, 3.8) is 0 Å². The molecule has 0 aliphatic rings. The van der Waals surface area contributed by atoms with Crippen LogP contribution in [0.3, 0.4) is 0 Å². The first-order chi connectivity index (χ1) is 21.5. The fourth-order valence-corrected chi connectivity index (χ4v) is 6.22. The van der Waals surface area contributed by atoms with Crippen LogP contribution in [0.2, 0.25) is 18.1 Å². The fourth-order valence-electron chi connectivity index (χ4n) is 4.38. The van der Waals surface area contributed by atoms with Crippen LogP contribution < -0.4 is 9.46 Å². The molecule has 0 aliphatic heterocycles. The van der Waals surface area contributed by atoms with Gasteiger partial charge in [-0.25, -0.2) is 14.1 Å². The molecule has 0 aliphatic carbocycles. The van der Waals surface area contributed by atoms with Crippen LogP contribution in [0.4, 0.5) is 4.39 Å². The Balaban J connectivity index is 1.76. The average molecular weight is 670 g/mol. The van der Waals surface area contributed by atoms with Crippen molar-refractivity contribution in [1.82, 2.24) is 24.5 Å².